The van der Waals surface area contributed by atoms with Gasteiger partial charge in [-0.15, -0.1) is 11.3 Å². The van der Waals surface area contributed by atoms with Crippen LogP contribution in [-0.4, -0.2) is 37.0 Å². The molecule has 2 aromatic rings. The number of methoxy groups -OCH3 is 1. The highest BCUT2D eigenvalue weighted by atomic mass is 32.1. The first kappa shape index (κ1) is 17.3. The molecule has 0 fully saturated rings. The predicted molar refractivity (Wildman–Crippen MR) is 96.7 cm³/mol. The van der Waals surface area contributed by atoms with E-state index in [-0.39, 0.29) is 18.5 Å². The molecule has 0 atom stereocenters. The van der Waals surface area contributed by atoms with Crippen molar-refractivity contribution < 1.29 is 14.3 Å². The van der Waals surface area contributed by atoms with Crippen LogP contribution in [0.15, 0.2) is 35.7 Å². The fraction of sp³-hybridized carbons (Fsp3) is 0.333. The average Bonchev–Trinajstić information content (AvgIpc) is 3.12. The molecule has 1 aromatic heterocycles. The number of nitrogens with zero attached hydrogens (tertiary/aromatic N) is 1. The highest BCUT2D eigenvalue weighted by molar-refractivity contribution is 7.10. The van der Waals surface area contributed by atoms with Crippen molar-refractivity contribution in [2.24, 2.45) is 0 Å². The second kappa shape index (κ2) is 8.02. The molecule has 0 radical (unpaired) electrons. The summed E-state index contributed by atoms with van der Waals surface area (Å²) in [4.78, 5) is 27.3. The number of nitrogens with one attached hydrogen (secondary N) is 2. The third-order valence-corrected chi connectivity index (χ3v) is 5.22. The highest BCUT2D eigenvalue weighted by Gasteiger charge is 2.21. The number of urea groups is 1. The molecule has 2 N–H and O–H groups in total. The van der Waals surface area contributed by atoms with E-state index in [4.69, 9.17) is 4.74 Å². The minimum Gasteiger partial charge on any atom is -0.496 e. The lowest BCUT2D eigenvalue weighted by molar-refractivity contribution is -0.130. The molecule has 0 spiro atoms. The summed E-state index contributed by atoms with van der Waals surface area (Å²) in [5.41, 5.74) is 2.10. The molecule has 1 aromatic carbocycles. The Bertz CT molecular complexity index is 760. The van der Waals surface area contributed by atoms with Gasteiger partial charge in [0, 0.05) is 30.1 Å². The molecule has 0 aliphatic carbocycles. The highest BCUT2D eigenvalue weighted by Crippen LogP contribution is 2.23. The van der Waals surface area contributed by atoms with Gasteiger partial charge in [0.2, 0.25) is 5.91 Å². The van der Waals surface area contributed by atoms with Crippen LogP contribution in [0, 0.1) is 0 Å². The number of fused-ring (bicyclic) bond motifs is 1. The average molecular weight is 359 g/mol. The minimum atomic E-state index is -0.368. The van der Waals surface area contributed by atoms with Crippen LogP contribution in [0.3, 0.4) is 0 Å². The van der Waals surface area contributed by atoms with Gasteiger partial charge >= 0.3 is 6.03 Å². The van der Waals surface area contributed by atoms with E-state index in [0.717, 1.165) is 17.7 Å². The van der Waals surface area contributed by atoms with Crippen LogP contribution in [0.5, 0.6) is 5.75 Å². The van der Waals surface area contributed by atoms with E-state index in [1.807, 2.05) is 24.3 Å². The number of amides is 3. The summed E-state index contributed by atoms with van der Waals surface area (Å²) in [5.74, 6) is 0.656. The molecule has 3 amide bonds. The van der Waals surface area contributed by atoms with Gasteiger partial charge in [-0.3, -0.25) is 4.79 Å². The first-order valence-electron chi connectivity index (χ1n) is 8.14. The summed E-state index contributed by atoms with van der Waals surface area (Å²) < 4.78 is 5.25. The third kappa shape index (κ3) is 4.30. The number of rotatable bonds is 5. The van der Waals surface area contributed by atoms with Gasteiger partial charge in [0.05, 0.1) is 13.7 Å². The van der Waals surface area contributed by atoms with Crippen LogP contribution in [-0.2, 0) is 24.3 Å². The van der Waals surface area contributed by atoms with Gasteiger partial charge in [-0.1, -0.05) is 18.2 Å². The van der Waals surface area contributed by atoms with Gasteiger partial charge < -0.3 is 20.3 Å². The molecule has 0 saturated carbocycles. The van der Waals surface area contributed by atoms with Crippen LogP contribution in [0.25, 0.3) is 0 Å². The molecule has 0 unspecified atom stereocenters. The van der Waals surface area contributed by atoms with E-state index in [0.29, 0.717) is 19.6 Å². The maximum absolute atomic E-state index is 12.3. The Morgan fingerprint density at radius 2 is 2.08 bits per heavy atom. The number of carbonyl (C=O) groups is 2. The second-order valence-corrected chi connectivity index (χ2v) is 6.78. The Kier molecular flexibility index (Phi) is 5.55. The lowest BCUT2D eigenvalue weighted by Gasteiger charge is -2.27. The van der Waals surface area contributed by atoms with Crippen molar-refractivity contribution >= 4 is 23.3 Å². The number of thiophene rings is 1. The van der Waals surface area contributed by atoms with Gasteiger partial charge in [-0.05, 0) is 29.5 Å². The van der Waals surface area contributed by atoms with E-state index in [1.54, 1.807) is 23.3 Å². The molecule has 0 bridgehead atoms. The summed E-state index contributed by atoms with van der Waals surface area (Å²) in [6, 6.07) is 9.18. The van der Waals surface area contributed by atoms with Crippen molar-refractivity contribution in [2.45, 2.75) is 19.5 Å². The van der Waals surface area contributed by atoms with Crippen molar-refractivity contribution in [1.29, 1.82) is 0 Å². The topological polar surface area (TPSA) is 70.7 Å². The van der Waals surface area contributed by atoms with Gasteiger partial charge in [0.25, 0.3) is 0 Å². The Balaban J connectivity index is 1.44. The fourth-order valence-electron chi connectivity index (χ4n) is 2.82. The molecule has 2 heterocycles. The van der Waals surface area contributed by atoms with Gasteiger partial charge in [0.15, 0.2) is 0 Å². The molecule has 6 nitrogen and oxygen atoms in total. The van der Waals surface area contributed by atoms with E-state index in [9.17, 15) is 9.59 Å². The largest absolute Gasteiger partial charge is 0.496 e. The van der Waals surface area contributed by atoms with Crippen molar-refractivity contribution in [2.75, 3.05) is 20.2 Å². The normalized spacial score (nSPS) is 13.1. The van der Waals surface area contributed by atoms with Crippen molar-refractivity contribution in [3.8, 4) is 5.75 Å². The van der Waals surface area contributed by atoms with Crippen molar-refractivity contribution in [3.05, 3.63) is 51.7 Å². The smallest absolute Gasteiger partial charge is 0.315 e. The molecule has 132 valence electrons. The quantitative estimate of drug-likeness (QED) is 0.859. The van der Waals surface area contributed by atoms with E-state index < -0.39 is 0 Å². The summed E-state index contributed by atoms with van der Waals surface area (Å²) in [6.45, 7) is 1.67. The molecular formula is C18H21N3O3S. The number of carbonyl (C=O) groups excluding carboxylic acids is 2. The van der Waals surface area contributed by atoms with Crippen LogP contribution in [0.1, 0.15) is 16.0 Å². The fourth-order valence-corrected chi connectivity index (χ4v) is 3.71. The van der Waals surface area contributed by atoms with E-state index in [2.05, 4.69) is 22.1 Å². The Hall–Kier alpha value is -2.54. The van der Waals surface area contributed by atoms with Gasteiger partial charge in [0.1, 0.15) is 5.75 Å². The molecule has 3 rings (SSSR count). The van der Waals surface area contributed by atoms with Crippen LogP contribution in [0.4, 0.5) is 4.79 Å². The second-order valence-electron chi connectivity index (χ2n) is 5.78. The Morgan fingerprint density at radius 3 is 2.92 bits per heavy atom. The van der Waals surface area contributed by atoms with E-state index >= 15 is 0 Å². The molecular weight excluding hydrogens is 338 g/mol. The number of hydrogen-bond donors (Lipinski definition) is 2. The first-order chi connectivity index (χ1) is 12.2. The summed E-state index contributed by atoms with van der Waals surface area (Å²) in [6.07, 6.45) is 0.888. The number of ether oxygens (including phenoxy) is 1. The summed E-state index contributed by atoms with van der Waals surface area (Å²) in [7, 11) is 1.59. The monoisotopic (exact) mass is 359 g/mol. The Morgan fingerprint density at radius 1 is 1.24 bits per heavy atom. The maximum Gasteiger partial charge on any atom is 0.315 e. The number of hydrogen-bond acceptors (Lipinski definition) is 4. The lowest BCUT2D eigenvalue weighted by Crippen LogP contribution is -2.44. The number of para-hydroxylation sites is 1. The zero-order chi connectivity index (χ0) is 17.6. The van der Waals surface area contributed by atoms with Crippen molar-refractivity contribution in [3.63, 3.8) is 0 Å². The molecule has 1 aliphatic heterocycles. The minimum absolute atomic E-state index is 0.00275. The van der Waals surface area contributed by atoms with Crippen LogP contribution in [0.2, 0.25) is 0 Å². The predicted octanol–water partition coefficient (Wildman–Crippen LogP) is 2.14. The van der Waals surface area contributed by atoms with Crippen molar-refractivity contribution in [1.82, 2.24) is 15.5 Å². The zero-order valence-electron chi connectivity index (χ0n) is 14.1. The first-order valence-corrected chi connectivity index (χ1v) is 9.02. The zero-order valence-corrected chi connectivity index (χ0v) is 14.9. The molecule has 7 heteroatoms. The standard InChI is InChI=1S/C18H21N3O3S/c1-24-15-5-3-2-4-13(15)10-19-18(23)20-11-17(22)21-8-6-16-14(12-21)7-9-25-16/h2-5,7,9H,6,8,10-12H2,1H3,(H2,19,20,23). The third-order valence-electron chi connectivity index (χ3n) is 4.19. The van der Waals surface area contributed by atoms with Crippen LogP contribution >= 0.6 is 11.3 Å². The SMILES string of the molecule is COc1ccccc1CNC(=O)NCC(=O)N1CCc2sccc2C1. The maximum atomic E-state index is 12.3. The van der Waals surface area contributed by atoms with E-state index in [1.165, 1.54) is 10.4 Å². The number of benzene rings is 1. The summed E-state index contributed by atoms with van der Waals surface area (Å²) >= 11 is 1.74. The molecule has 0 saturated heterocycles. The summed E-state index contributed by atoms with van der Waals surface area (Å²) in [5, 5.41) is 7.43. The lowest BCUT2D eigenvalue weighted by atomic mass is 10.1. The van der Waals surface area contributed by atoms with Crippen LogP contribution < -0.4 is 15.4 Å². The molecule has 1 aliphatic rings. The Labute approximate surface area is 150 Å². The molecule has 25 heavy (non-hydrogen) atoms. The van der Waals surface area contributed by atoms with Gasteiger partial charge in [-0.25, -0.2) is 4.79 Å². The van der Waals surface area contributed by atoms with Gasteiger partial charge in [-0.2, -0.15) is 0 Å².